The lowest BCUT2D eigenvalue weighted by Gasteiger charge is -2.48. The first-order valence-corrected chi connectivity index (χ1v) is 40.3. The van der Waals surface area contributed by atoms with Gasteiger partial charge in [-0.05, 0) is 157 Å². The van der Waals surface area contributed by atoms with E-state index in [9.17, 15) is 60.8 Å². The highest BCUT2D eigenvalue weighted by Crippen LogP contribution is 2.50. The normalized spacial score (nSPS) is 26.1. The van der Waals surface area contributed by atoms with Crippen molar-refractivity contribution in [3.05, 3.63) is 191 Å². The molecule has 0 radical (unpaired) electrons. The molecule has 14 rings (SSSR count). The molecule has 0 aromatic heterocycles. The van der Waals surface area contributed by atoms with Gasteiger partial charge in [-0.15, -0.1) is 0 Å². The van der Waals surface area contributed by atoms with E-state index in [-0.39, 0.29) is 78.0 Å². The van der Waals surface area contributed by atoms with E-state index in [4.69, 9.17) is 91.0 Å². The fourth-order valence-corrected chi connectivity index (χ4v) is 15.6. The number of halogens is 4. The van der Waals surface area contributed by atoms with E-state index in [2.05, 4.69) is 57.9 Å². The van der Waals surface area contributed by atoms with Gasteiger partial charge in [-0.1, -0.05) is 102 Å². The van der Waals surface area contributed by atoms with E-state index in [0.717, 1.165) is 71.8 Å². The Morgan fingerprint density at radius 1 is 0.691 bits per heavy atom. The van der Waals surface area contributed by atoms with Crippen molar-refractivity contribution in [3.8, 4) is 62.9 Å². The molecule has 7 aromatic rings. The number of aliphatic hydroxyl groups is 5. The number of aliphatic hydroxyl groups excluding tert-OH is 5. The average Bonchev–Trinajstić information content (AvgIpc) is 0.765. The molecule has 654 valence electrons. The summed E-state index contributed by atoms with van der Waals surface area (Å²) < 4.78 is 45.9. The number of phenolic OH excluding ortho intramolecular Hbond substituents is 3. The summed E-state index contributed by atoms with van der Waals surface area (Å²) in [6.07, 6.45) is -18.9. The maximum Gasteiger partial charge on any atom is 0.248 e. The minimum absolute atomic E-state index is 0.115. The number of nitrogens with two attached hydrogens (primary N) is 2. The molecule has 0 saturated carbocycles. The monoisotopic (exact) mass is 1780 g/mol. The maximum atomic E-state index is 16.4. The van der Waals surface area contributed by atoms with E-state index in [1.807, 2.05) is 13.8 Å². The zero-order valence-corrected chi connectivity index (χ0v) is 69.3. The molecule has 2 saturated heterocycles. The largest absolute Gasteiger partial charge is 0.508 e. The first-order valence-electron chi connectivity index (χ1n) is 38.8. The molecule has 18 atom stereocenters. The number of rotatable bonds is 22. The van der Waals surface area contributed by atoms with Gasteiger partial charge in [0.2, 0.25) is 59.3 Å². The first kappa shape index (κ1) is 91.1. The lowest BCUT2D eigenvalue weighted by atomic mass is 9.84. The number of nitrogens with zero attached hydrogens (tertiary/aromatic N) is 3. The third-order valence-corrected chi connectivity index (χ3v) is 22.7. The Bertz CT molecular complexity index is 5230. The number of hydrogen-bond donors (Lipinski definition) is 19. The number of primary amides is 1. The minimum atomic E-state index is -2.37. The van der Waals surface area contributed by atoms with Gasteiger partial charge in [0.15, 0.2) is 23.9 Å². The molecule has 7 aliphatic rings. The number of fused-ring (bicyclic) bond motifs is 15. The van der Waals surface area contributed by atoms with E-state index in [0.29, 0.717) is 15.8 Å². The quantitative estimate of drug-likeness (QED) is 0.0237. The molecule has 11 bridgehead atoms. The van der Waals surface area contributed by atoms with Crippen LogP contribution in [0.5, 0.6) is 51.7 Å². The SMILES string of the molecule is CN[C@H](CC(C)C)C(=O)N[C@H]1C(=O)N[C@@H](CC(N)=O)C(=O)N[C@H]2C(=O)NC3C(=O)N[C@H](C(=O)N[C@@H](C(=O)NCCN)c4cc(O)cc(O)c4-c4cc3ccc4O)[C@H](O)c3ccc(c(Cl)c3)Oc3cc2cc(c3OC2OC(CN=[N+]=[N-])C(O)C(O)C2OC2CC(C)(NCc3ccc(OCc4ccc(Cl)c(Cl)c4)cc3)C(O)C(C)O2)Oc2ccc(cc2Cl)[C@H]1O. The molecule has 7 aliphatic heterocycles. The van der Waals surface area contributed by atoms with Gasteiger partial charge in [-0.25, -0.2) is 0 Å². The van der Waals surface area contributed by atoms with Crippen LogP contribution in [-0.4, -0.2) is 194 Å². The van der Waals surface area contributed by atoms with Gasteiger partial charge >= 0.3 is 0 Å². The van der Waals surface area contributed by atoms with Crippen molar-refractivity contribution < 1.29 is 112 Å². The number of azide groups is 1. The summed E-state index contributed by atoms with van der Waals surface area (Å²) in [4.78, 5) is 123. The number of carbonyl (C=O) groups excluding carboxylic acids is 8. The van der Waals surface area contributed by atoms with Crippen LogP contribution in [-0.2, 0) is 65.7 Å². The summed E-state index contributed by atoms with van der Waals surface area (Å²) in [5, 5.41) is 124. The van der Waals surface area contributed by atoms with Gasteiger partial charge in [-0.3, -0.25) is 38.4 Å². The molecule has 21 N–H and O–H groups in total. The van der Waals surface area contributed by atoms with Crippen LogP contribution in [0.4, 0.5) is 0 Å². The Kier molecular flexibility index (Phi) is 29.0. The van der Waals surface area contributed by atoms with E-state index >= 15 is 24.0 Å². The van der Waals surface area contributed by atoms with Crippen LogP contribution in [0.3, 0.4) is 0 Å². The number of likely N-dealkylation sites (N-methyl/N-ethyl adjacent to an activating group) is 1. The first-order chi connectivity index (χ1) is 58.5. The van der Waals surface area contributed by atoms with Gasteiger partial charge in [0.05, 0.1) is 57.4 Å². The van der Waals surface area contributed by atoms with Gasteiger partial charge in [0, 0.05) is 53.7 Å². The van der Waals surface area contributed by atoms with E-state index < -0.39 is 231 Å². The molecular weight excluding hydrogens is 1690 g/mol. The lowest BCUT2D eigenvalue weighted by Crippen LogP contribution is -2.65. The smallest absolute Gasteiger partial charge is 0.248 e. The van der Waals surface area contributed by atoms with Gasteiger partial charge < -0.3 is 133 Å². The Morgan fingerprint density at radius 2 is 1.33 bits per heavy atom. The standard InChI is InChI=1S/C82H90Cl4N14O23/c1-34(2)20-50(90-5)74(110)98-65-67(105)39-10-16-54(48(85)23-39)119-56-25-41-26-57(71(56)123-81-72(70(108)69(107)58(121-81)32-93-100-89)122-60-30-82(4,73(109)35(3)118-60)92-31-36-6-12-43(13-7-36)117-33-37-8-14-46(83)47(84)21-37)120-55-17-11-40(24-49(55)86)68(106)66-80(116)97-64(76(112)91-19-18-87)45-27-42(101)28-53(103)61(45)44-22-38(9-15-52(44)102)62(77(113)99-66)96-78(114)63(41)95-75(111)51(29-59(88)104)94-79(65)115/h6-17,21-28,34-35,50-51,58,60,62-70,72-73,81,90,92,101-103,105-109H,18-20,29-33,87H2,1-5H3,(H2,88,104)(H,91,112)(H,94,115)(H,95,111)(H,96,114)(H,97,116)(H,98,110)(H,99,113)/t35?,50-,51+,58?,60?,62?,63-,64-,65-,66+,67-,68-,69?,70?,72?,73?,81?,82?/m1/s1. The number of nitrogens with one attached hydrogen (secondary N) is 9. The van der Waals surface area contributed by atoms with Crippen molar-refractivity contribution in [1.82, 2.24) is 47.9 Å². The summed E-state index contributed by atoms with van der Waals surface area (Å²) >= 11 is 26.8. The van der Waals surface area contributed by atoms with Crippen LogP contribution >= 0.6 is 46.4 Å². The van der Waals surface area contributed by atoms with E-state index in [1.54, 1.807) is 56.3 Å². The molecule has 7 aromatic carbocycles. The summed E-state index contributed by atoms with van der Waals surface area (Å²) in [5.74, 6) is -14.5. The third kappa shape index (κ3) is 20.9. The molecule has 41 heteroatoms. The van der Waals surface area contributed by atoms with Crippen LogP contribution in [0.15, 0.2) is 126 Å². The Morgan fingerprint density at radius 3 is 1.97 bits per heavy atom. The number of ether oxygens (including phenoxy) is 7. The Hall–Kier alpha value is -11.1. The van der Waals surface area contributed by atoms with Crippen molar-refractivity contribution in [2.75, 3.05) is 26.7 Å². The average molecular weight is 1780 g/mol. The number of amides is 8. The second-order valence-electron chi connectivity index (χ2n) is 30.6. The molecule has 10 unspecified atom stereocenters. The van der Waals surface area contributed by atoms with Gasteiger partial charge in [-0.2, -0.15) is 0 Å². The van der Waals surface area contributed by atoms with Crippen LogP contribution in [0.25, 0.3) is 21.6 Å². The zero-order valence-electron chi connectivity index (χ0n) is 66.3. The lowest BCUT2D eigenvalue weighted by molar-refractivity contribution is -0.331. The second kappa shape index (κ2) is 39.2. The Labute approximate surface area is 722 Å². The summed E-state index contributed by atoms with van der Waals surface area (Å²) in [6.45, 7) is 6.17. The molecule has 123 heavy (non-hydrogen) atoms. The highest BCUT2D eigenvalue weighted by molar-refractivity contribution is 6.42. The number of carbonyl (C=O) groups is 8. The van der Waals surface area contributed by atoms with Crippen molar-refractivity contribution in [3.63, 3.8) is 0 Å². The van der Waals surface area contributed by atoms with Crippen LogP contribution in [0, 0.1) is 5.92 Å². The van der Waals surface area contributed by atoms with Crippen LogP contribution in [0.1, 0.15) is 116 Å². The van der Waals surface area contributed by atoms with Crippen molar-refractivity contribution in [2.24, 2.45) is 22.5 Å². The number of aromatic hydroxyl groups is 3. The van der Waals surface area contributed by atoms with Gasteiger partial charge in [0.25, 0.3) is 0 Å². The number of benzene rings is 7. The molecule has 2 fully saturated rings. The fraction of sp³-hybridized carbons (Fsp3) is 0.390. The Balaban J connectivity index is 1.03. The fourth-order valence-electron chi connectivity index (χ4n) is 14.9. The predicted octanol–water partition coefficient (Wildman–Crippen LogP) is 5.13. The van der Waals surface area contributed by atoms with Crippen LogP contribution < -0.4 is 78.3 Å². The third-order valence-electron chi connectivity index (χ3n) is 21.3. The minimum Gasteiger partial charge on any atom is -0.508 e. The molecule has 0 aliphatic carbocycles. The molecular formula is C82H90Cl4N14O23. The highest BCUT2D eigenvalue weighted by Gasteiger charge is 2.52. The molecule has 0 spiro atoms. The molecule has 7 heterocycles. The van der Waals surface area contributed by atoms with Crippen molar-refractivity contribution in [2.45, 2.75) is 169 Å². The van der Waals surface area contributed by atoms with Gasteiger partial charge in [0.1, 0.15) is 102 Å². The topological polar surface area (TPSA) is 572 Å². The van der Waals surface area contributed by atoms with Crippen LogP contribution in [0.2, 0.25) is 20.1 Å². The highest BCUT2D eigenvalue weighted by atomic mass is 35.5. The zero-order chi connectivity index (χ0) is 88.7. The van der Waals surface area contributed by atoms with E-state index in [1.165, 1.54) is 25.2 Å². The summed E-state index contributed by atoms with van der Waals surface area (Å²) in [6, 6.07) is 12.2. The second-order valence-corrected chi connectivity index (χ2v) is 32.3. The maximum absolute atomic E-state index is 16.4. The van der Waals surface area contributed by atoms with Crippen molar-refractivity contribution >= 4 is 93.7 Å². The molecule has 37 nitrogen and oxygen atoms in total. The number of hydrogen-bond acceptors (Lipinski definition) is 27. The predicted molar refractivity (Wildman–Crippen MR) is 441 cm³/mol. The summed E-state index contributed by atoms with van der Waals surface area (Å²) in [5.41, 5.74) is 19.0. The summed E-state index contributed by atoms with van der Waals surface area (Å²) in [7, 11) is 1.48. The molecule has 8 amide bonds. The van der Waals surface area contributed by atoms with Crippen molar-refractivity contribution in [1.29, 1.82) is 0 Å². The number of phenols is 3.